The van der Waals surface area contributed by atoms with Crippen LogP contribution in [0.15, 0.2) is 18.2 Å². The smallest absolute Gasteiger partial charge is 0.415 e. The number of carbonyl (C=O) groups excluding carboxylic acids is 2. The van der Waals surface area contributed by atoms with Crippen molar-refractivity contribution >= 4 is 23.3 Å². The number of ether oxygens (including phenoxy) is 1. The highest BCUT2D eigenvalue weighted by Gasteiger charge is 2.35. The first-order valence-corrected chi connectivity index (χ1v) is 8.62. The first kappa shape index (κ1) is 19.8. The number of Topliss-reactive ketones (excluding diaryl/α,β-unsaturated/α-hetero) is 1. The second kappa shape index (κ2) is 7.82. The minimum absolute atomic E-state index is 0.154. The Kier molecular flexibility index (Phi) is 5.97. The molecule has 1 amide bonds. The minimum Gasteiger partial charge on any atom is -0.443 e. The van der Waals surface area contributed by atoms with Crippen LogP contribution < -0.4 is 10.2 Å². The van der Waals surface area contributed by atoms with Crippen LogP contribution in [0.2, 0.25) is 0 Å². The molecule has 26 heavy (non-hydrogen) atoms. The van der Waals surface area contributed by atoms with Gasteiger partial charge in [-0.15, -0.1) is 0 Å². The Bertz CT molecular complexity index is 705. The molecule has 0 atom stereocenters. The molecule has 1 aromatic rings. The zero-order valence-electron chi connectivity index (χ0n) is 15.6. The number of nitrogens with zero attached hydrogens (tertiary/aromatic N) is 2. The number of nitrogens with one attached hydrogen (secondary N) is 1. The molecule has 0 spiro atoms. The van der Waals surface area contributed by atoms with Crippen molar-refractivity contribution in [1.29, 1.82) is 0 Å². The van der Waals surface area contributed by atoms with Crippen molar-refractivity contribution in [1.82, 2.24) is 5.32 Å². The summed E-state index contributed by atoms with van der Waals surface area (Å²) < 4.78 is 5.50. The highest BCUT2D eigenvalue weighted by atomic mass is 16.6. The van der Waals surface area contributed by atoms with Crippen LogP contribution in [0.1, 0.15) is 50.9 Å². The lowest BCUT2D eigenvalue weighted by molar-refractivity contribution is -0.384. The third-order valence-corrected chi connectivity index (χ3v) is 4.10. The summed E-state index contributed by atoms with van der Waals surface area (Å²) in [5.41, 5.74) is -0.616. The Labute approximate surface area is 152 Å². The molecule has 1 heterocycles. The van der Waals surface area contributed by atoms with E-state index in [1.807, 2.05) is 0 Å². The standard InChI is InChI=1S/C18H25N3O5/c1-12(22)13-5-6-15(16(11-13)21(24)25)20(14-7-9-19-10-8-14)17(23)26-18(2,3)4/h5-6,11,14,19H,7-10H2,1-4H3. The van der Waals surface area contributed by atoms with Crippen molar-refractivity contribution in [3.8, 4) is 0 Å². The third-order valence-electron chi connectivity index (χ3n) is 4.10. The van der Waals surface area contributed by atoms with Crippen LogP contribution in [-0.2, 0) is 4.74 Å². The van der Waals surface area contributed by atoms with E-state index in [4.69, 9.17) is 4.74 Å². The lowest BCUT2D eigenvalue weighted by Gasteiger charge is -2.35. The lowest BCUT2D eigenvalue weighted by Crippen LogP contribution is -2.48. The van der Waals surface area contributed by atoms with Gasteiger partial charge in [0.1, 0.15) is 11.3 Å². The number of piperidine rings is 1. The van der Waals surface area contributed by atoms with Gasteiger partial charge < -0.3 is 10.1 Å². The average Bonchev–Trinajstić information content (AvgIpc) is 2.54. The van der Waals surface area contributed by atoms with Crippen LogP contribution in [0, 0.1) is 10.1 Å². The van der Waals surface area contributed by atoms with E-state index in [0.29, 0.717) is 25.9 Å². The van der Waals surface area contributed by atoms with Crippen molar-refractivity contribution in [3.05, 3.63) is 33.9 Å². The zero-order valence-corrected chi connectivity index (χ0v) is 15.6. The maximum absolute atomic E-state index is 12.8. The molecule has 1 aromatic carbocycles. The van der Waals surface area contributed by atoms with Gasteiger partial charge in [0, 0.05) is 17.7 Å². The molecule has 1 fully saturated rings. The fourth-order valence-electron chi connectivity index (χ4n) is 2.91. The Morgan fingerprint density at radius 2 is 1.88 bits per heavy atom. The summed E-state index contributed by atoms with van der Waals surface area (Å²) in [4.78, 5) is 36.8. The summed E-state index contributed by atoms with van der Waals surface area (Å²) in [6.07, 6.45) is 0.693. The number of anilines is 1. The molecule has 0 aliphatic carbocycles. The molecule has 8 nitrogen and oxygen atoms in total. The fraction of sp³-hybridized carbons (Fsp3) is 0.556. The maximum atomic E-state index is 12.8. The van der Waals surface area contributed by atoms with Gasteiger partial charge in [0.15, 0.2) is 5.78 Å². The molecule has 2 rings (SSSR count). The first-order chi connectivity index (χ1) is 12.1. The van der Waals surface area contributed by atoms with Gasteiger partial charge in [-0.1, -0.05) is 0 Å². The number of nitro groups is 1. The molecule has 8 heteroatoms. The number of hydrogen-bond acceptors (Lipinski definition) is 6. The molecular formula is C18H25N3O5. The predicted molar refractivity (Wildman–Crippen MR) is 97.7 cm³/mol. The van der Waals surface area contributed by atoms with Crippen LogP contribution >= 0.6 is 0 Å². The summed E-state index contributed by atoms with van der Waals surface area (Å²) >= 11 is 0. The van der Waals surface area contributed by atoms with Crippen molar-refractivity contribution < 1.29 is 19.2 Å². The van der Waals surface area contributed by atoms with Gasteiger partial charge in [-0.05, 0) is 65.8 Å². The SMILES string of the molecule is CC(=O)c1ccc(N(C(=O)OC(C)(C)C)C2CCNCC2)c([N+](=O)[O-])c1. The van der Waals surface area contributed by atoms with Gasteiger partial charge in [-0.3, -0.25) is 19.8 Å². The molecule has 0 radical (unpaired) electrons. The Morgan fingerprint density at radius 3 is 2.38 bits per heavy atom. The largest absolute Gasteiger partial charge is 0.443 e. The molecule has 1 aliphatic rings. The van der Waals surface area contributed by atoms with Gasteiger partial charge in [0.2, 0.25) is 0 Å². The number of ketones is 1. The zero-order chi connectivity index (χ0) is 19.5. The van der Waals surface area contributed by atoms with Crippen molar-refractivity contribution in [3.63, 3.8) is 0 Å². The van der Waals surface area contributed by atoms with Crippen LogP contribution in [-0.4, -0.2) is 41.5 Å². The van der Waals surface area contributed by atoms with Gasteiger partial charge >= 0.3 is 6.09 Å². The Hall–Kier alpha value is -2.48. The summed E-state index contributed by atoms with van der Waals surface area (Å²) in [6.45, 7) is 8.01. The van der Waals surface area contributed by atoms with Crippen LogP contribution in [0.3, 0.4) is 0 Å². The molecule has 1 aliphatic heterocycles. The minimum atomic E-state index is -0.726. The van der Waals surface area contributed by atoms with Crippen LogP contribution in [0.25, 0.3) is 0 Å². The first-order valence-electron chi connectivity index (χ1n) is 8.62. The Balaban J connectivity index is 2.51. The number of rotatable bonds is 4. The second-order valence-electron chi connectivity index (χ2n) is 7.35. The molecule has 0 bridgehead atoms. The maximum Gasteiger partial charge on any atom is 0.415 e. The van der Waals surface area contributed by atoms with Crippen molar-refractivity contribution in [2.75, 3.05) is 18.0 Å². The van der Waals surface area contributed by atoms with E-state index in [1.165, 1.54) is 30.0 Å². The number of benzene rings is 1. The monoisotopic (exact) mass is 363 g/mol. The highest BCUT2D eigenvalue weighted by Crippen LogP contribution is 2.34. The number of amides is 1. The molecule has 1 N–H and O–H groups in total. The lowest BCUT2D eigenvalue weighted by atomic mass is 10.0. The number of hydrogen-bond donors (Lipinski definition) is 1. The molecule has 0 unspecified atom stereocenters. The quantitative estimate of drug-likeness (QED) is 0.500. The van der Waals surface area contributed by atoms with Gasteiger partial charge in [-0.2, -0.15) is 0 Å². The molecule has 0 aromatic heterocycles. The average molecular weight is 363 g/mol. The van der Waals surface area contributed by atoms with Crippen LogP contribution in [0.5, 0.6) is 0 Å². The normalized spacial score (nSPS) is 15.4. The van der Waals surface area contributed by atoms with Crippen molar-refractivity contribution in [2.24, 2.45) is 0 Å². The van der Waals surface area contributed by atoms with Gasteiger partial charge in [0.05, 0.1) is 4.92 Å². The summed E-state index contributed by atoms with van der Waals surface area (Å²) in [7, 11) is 0. The van der Waals surface area contributed by atoms with Crippen LogP contribution in [0.4, 0.5) is 16.2 Å². The third kappa shape index (κ3) is 4.78. The second-order valence-corrected chi connectivity index (χ2v) is 7.35. The molecule has 0 saturated carbocycles. The summed E-state index contributed by atoms with van der Waals surface area (Å²) in [5.74, 6) is -0.273. The van der Waals surface area contributed by atoms with E-state index in [9.17, 15) is 19.7 Å². The summed E-state index contributed by atoms with van der Waals surface area (Å²) in [5, 5.41) is 14.8. The van der Waals surface area contributed by atoms with E-state index < -0.39 is 16.6 Å². The molecular weight excluding hydrogens is 338 g/mol. The highest BCUT2D eigenvalue weighted by molar-refractivity contribution is 5.97. The van der Waals surface area contributed by atoms with E-state index in [0.717, 1.165) is 0 Å². The fourth-order valence-corrected chi connectivity index (χ4v) is 2.91. The van der Waals surface area contributed by atoms with E-state index >= 15 is 0 Å². The number of nitro benzene ring substituents is 1. The van der Waals surface area contributed by atoms with Gasteiger partial charge in [-0.25, -0.2) is 4.79 Å². The van der Waals surface area contributed by atoms with E-state index in [1.54, 1.807) is 20.8 Å². The van der Waals surface area contributed by atoms with E-state index in [2.05, 4.69) is 5.32 Å². The van der Waals surface area contributed by atoms with Gasteiger partial charge in [0.25, 0.3) is 5.69 Å². The predicted octanol–water partition coefficient (Wildman–Crippen LogP) is 3.29. The molecule has 1 saturated heterocycles. The Morgan fingerprint density at radius 1 is 1.27 bits per heavy atom. The van der Waals surface area contributed by atoms with Crippen molar-refractivity contribution in [2.45, 2.75) is 52.2 Å². The topological polar surface area (TPSA) is 102 Å². The van der Waals surface area contributed by atoms with E-state index in [-0.39, 0.29) is 28.8 Å². The molecule has 142 valence electrons. The number of carbonyl (C=O) groups is 2. The summed E-state index contributed by atoms with van der Waals surface area (Å²) in [6, 6.07) is 3.97.